The Hall–Kier alpha value is -2.31. The highest BCUT2D eigenvalue weighted by atomic mass is 19.4. The van der Waals surface area contributed by atoms with E-state index in [9.17, 15) is 18.0 Å². The molecule has 0 spiro atoms. The normalized spacial score (nSPS) is 12.2. The van der Waals surface area contributed by atoms with E-state index in [-0.39, 0.29) is 12.5 Å². The number of hydrogen-bond donors (Lipinski definition) is 2. The molecule has 118 valence electrons. The third-order valence-electron chi connectivity index (χ3n) is 3.48. The lowest BCUT2D eigenvalue weighted by Crippen LogP contribution is -2.39. The lowest BCUT2D eigenvalue weighted by Gasteiger charge is -2.25. The first-order valence-electron chi connectivity index (χ1n) is 6.65. The van der Waals surface area contributed by atoms with E-state index in [1.54, 1.807) is 26.1 Å². The molecule has 0 atom stereocenters. The van der Waals surface area contributed by atoms with Crippen LogP contribution >= 0.6 is 0 Å². The lowest BCUT2D eigenvalue weighted by molar-refractivity contribution is -0.138. The van der Waals surface area contributed by atoms with E-state index in [1.807, 2.05) is 0 Å². The molecule has 7 heteroatoms. The van der Waals surface area contributed by atoms with Gasteiger partial charge in [-0.05, 0) is 31.5 Å². The number of aromatic nitrogens is 2. The second-order valence-corrected chi connectivity index (χ2v) is 5.47. The number of benzene rings is 1. The summed E-state index contributed by atoms with van der Waals surface area (Å²) < 4.78 is 38.3. The second kappa shape index (κ2) is 5.82. The van der Waals surface area contributed by atoms with Gasteiger partial charge in [0.1, 0.15) is 0 Å². The van der Waals surface area contributed by atoms with E-state index in [1.165, 1.54) is 12.1 Å². The summed E-state index contributed by atoms with van der Waals surface area (Å²) in [6.45, 7) is 3.41. The SMILES string of the molecule is CC(C)(C(=O)NCc1ccn[nH]1)c1cccc(C(F)(F)F)c1. The highest BCUT2D eigenvalue weighted by Gasteiger charge is 2.34. The molecule has 0 aliphatic heterocycles. The van der Waals surface area contributed by atoms with Crippen molar-refractivity contribution < 1.29 is 18.0 Å². The zero-order valence-corrected chi connectivity index (χ0v) is 12.2. The molecule has 1 aromatic carbocycles. The van der Waals surface area contributed by atoms with Gasteiger partial charge in [-0.25, -0.2) is 0 Å². The van der Waals surface area contributed by atoms with Crippen molar-refractivity contribution >= 4 is 5.91 Å². The summed E-state index contributed by atoms with van der Waals surface area (Å²) in [4.78, 5) is 12.3. The van der Waals surface area contributed by atoms with Crippen LogP contribution in [-0.2, 0) is 22.9 Å². The molecule has 2 N–H and O–H groups in total. The fourth-order valence-electron chi connectivity index (χ4n) is 1.99. The predicted octanol–water partition coefficient (Wildman–Crippen LogP) is 3.02. The van der Waals surface area contributed by atoms with Gasteiger partial charge in [0.05, 0.1) is 23.2 Å². The minimum atomic E-state index is -4.43. The zero-order valence-electron chi connectivity index (χ0n) is 12.2. The van der Waals surface area contributed by atoms with Crippen LogP contribution in [0, 0.1) is 0 Å². The maximum absolute atomic E-state index is 12.8. The Morgan fingerprint density at radius 1 is 1.23 bits per heavy atom. The van der Waals surface area contributed by atoms with Gasteiger partial charge in [-0.2, -0.15) is 18.3 Å². The fourth-order valence-corrected chi connectivity index (χ4v) is 1.99. The molecule has 0 unspecified atom stereocenters. The van der Waals surface area contributed by atoms with Crippen molar-refractivity contribution in [1.82, 2.24) is 15.5 Å². The molecule has 1 heterocycles. The van der Waals surface area contributed by atoms with Crippen molar-refractivity contribution in [2.24, 2.45) is 0 Å². The van der Waals surface area contributed by atoms with Gasteiger partial charge >= 0.3 is 6.18 Å². The molecule has 0 bridgehead atoms. The maximum atomic E-state index is 12.8. The molecule has 0 saturated carbocycles. The van der Waals surface area contributed by atoms with Gasteiger partial charge < -0.3 is 5.32 Å². The van der Waals surface area contributed by atoms with Crippen molar-refractivity contribution in [3.05, 3.63) is 53.3 Å². The van der Waals surface area contributed by atoms with Gasteiger partial charge in [0.15, 0.2) is 0 Å². The number of halogens is 3. The van der Waals surface area contributed by atoms with E-state index in [4.69, 9.17) is 0 Å². The molecule has 0 saturated heterocycles. The first-order valence-corrected chi connectivity index (χ1v) is 6.65. The molecule has 22 heavy (non-hydrogen) atoms. The monoisotopic (exact) mass is 311 g/mol. The molecule has 1 amide bonds. The van der Waals surface area contributed by atoms with Crippen LogP contribution in [0.1, 0.15) is 30.7 Å². The molecule has 2 aromatic rings. The fraction of sp³-hybridized carbons (Fsp3) is 0.333. The Morgan fingerprint density at radius 3 is 2.50 bits per heavy atom. The number of H-pyrrole nitrogens is 1. The first kappa shape index (κ1) is 16.1. The number of hydrogen-bond acceptors (Lipinski definition) is 2. The van der Waals surface area contributed by atoms with Crippen molar-refractivity contribution in [3.63, 3.8) is 0 Å². The number of carbonyl (C=O) groups excluding carboxylic acids is 1. The average molecular weight is 311 g/mol. The Morgan fingerprint density at radius 2 is 1.91 bits per heavy atom. The first-order chi connectivity index (χ1) is 10.2. The number of aromatic amines is 1. The number of alkyl halides is 3. The molecule has 0 aliphatic carbocycles. The van der Waals surface area contributed by atoms with Gasteiger partial charge in [0.2, 0.25) is 5.91 Å². The predicted molar refractivity (Wildman–Crippen MR) is 74.9 cm³/mol. The highest BCUT2D eigenvalue weighted by molar-refractivity contribution is 5.87. The third kappa shape index (κ3) is 3.47. The number of amides is 1. The van der Waals surface area contributed by atoms with Gasteiger partial charge in [0.25, 0.3) is 0 Å². The summed E-state index contributed by atoms with van der Waals surface area (Å²) in [6.07, 6.45) is -2.88. The minimum Gasteiger partial charge on any atom is -0.350 e. The third-order valence-corrected chi connectivity index (χ3v) is 3.48. The van der Waals surface area contributed by atoms with Crippen LogP contribution in [0.4, 0.5) is 13.2 Å². The number of nitrogens with zero attached hydrogens (tertiary/aromatic N) is 1. The Labute approximate surface area is 125 Å². The van der Waals surface area contributed by atoms with E-state index in [2.05, 4.69) is 15.5 Å². The minimum absolute atomic E-state index is 0.237. The molecule has 0 fully saturated rings. The van der Waals surface area contributed by atoms with E-state index >= 15 is 0 Å². The zero-order chi connectivity index (χ0) is 16.4. The quantitative estimate of drug-likeness (QED) is 0.912. The van der Waals surface area contributed by atoms with Crippen molar-refractivity contribution in [2.75, 3.05) is 0 Å². The lowest BCUT2D eigenvalue weighted by atomic mass is 9.83. The van der Waals surface area contributed by atoms with Crippen LogP contribution in [0.3, 0.4) is 0 Å². The van der Waals surface area contributed by atoms with E-state index < -0.39 is 17.2 Å². The summed E-state index contributed by atoms with van der Waals surface area (Å²) in [7, 11) is 0. The molecular formula is C15H16F3N3O. The Bertz CT molecular complexity index is 648. The Kier molecular flexibility index (Phi) is 4.25. The number of nitrogens with one attached hydrogen (secondary N) is 2. The summed E-state index contributed by atoms with van der Waals surface area (Å²) >= 11 is 0. The second-order valence-electron chi connectivity index (χ2n) is 5.47. The molecule has 0 radical (unpaired) electrons. The summed E-state index contributed by atoms with van der Waals surface area (Å²) in [5, 5.41) is 9.15. The van der Waals surface area contributed by atoms with Crippen molar-refractivity contribution in [3.8, 4) is 0 Å². The van der Waals surface area contributed by atoms with E-state index in [0.29, 0.717) is 11.3 Å². The van der Waals surface area contributed by atoms with Crippen molar-refractivity contribution in [1.29, 1.82) is 0 Å². The van der Waals surface area contributed by atoms with Crippen LogP contribution in [0.2, 0.25) is 0 Å². The van der Waals surface area contributed by atoms with Gasteiger partial charge in [-0.1, -0.05) is 18.2 Å². The van der Waals surface area contributed by atoms with Crippen LogP contribution in [-0.4, -0.2) is 16.1 Å². The highest BCUT2D eigenvalue weighted by Crippen LogP contribution is 2.32. The van der Waals surface area contributed by atoms with E-state index in [0.717, 1.165) is 12.1 Å². The van der Waals surface area contributed by atoms with Gasteiger partial charge in [0, 0.05) is 6.20 Å². The molecule has 4 nitrogen and oxygen atoms in total. The van der Waals surface area contributed by atoms with Crippen LogP contribution < -0.4 is 5.32 Å². The van der Waals surface area contributed by atoms with Crippen LogP contribution in [0.5, 0.6) is 0 Å². The summed E-state index contributed by atoms with van der Waals surface area (Å²) in [6, 6.07) is 6.53. The smallest absolute Gasteiger partial charge is 0.350 e. The largest absolute Gasteiger partial charge is 0.416 e. The Balaban J connectivity index is 2.16. The van der Waals surface area contributed by atoms with Gasteiger partial charge in [-0.15, -0.1) is 0 Å². The number of rotatable bonds is 4. The molecule has 2 rings (SSSR count). The summed E-state index contributed by atoms with van der Waals surface area (Å²) in [5.74, 6) is -0.360. The standard InChI is InChI=1S/C15H16F3N3O/c1-14(2,13(22)19-9-12-6-7-20-21-12)10-4-3-5-11(8-10)15(16,17)18/h3-8H,9H2,1-2H3,(H,19,22)(H,20,21). The van der Waals surface area contributed by atoms with Crippen LogP contribution in [0.25, 0.3) is 0 Å². The van der Waals surface area contributed by atoms with Gasteiger partial charge in [-0.3, -0.25) is 9.89 Å². The number of carbonyl (C=O) groups is 1. The molecule has 1 aromatic heterocycles. The maximum Gasteiger partial charge on any atom is 0.416 e. The van der Waals surface area contributed by atoms with Crippen molar-refractivity contribution in [2.45, 2.75) is 32.0 Å². The topological polar surface area (TPSA) is 57.8 Å². The molecule has 0 aliphatic rings. The average Bonchev–Trinajstić information content (AvgIpc) is 2.97. The molecular weight excluding hydrogens is 295 g/mol. The summed E-state index contributed by atoms with van der Waals surface area (Å²) in [5.41, 5.74) is -0.821. The van der Waals surface area contributed by atoms with Crippen LogP contribution in [0.15, 0.2) is 36.5 Å².